The summed E-state index contributed by atoms with van der Waals surface area (Å²) in [6.07, 6.45) is 15.6. The van der Waals surface area contributed by atoms with E-state index in [4.69, 9.17) is 17.2 Å². The Morgan fingerprint density at radius 1 is 0.886 bits per heavy atom. The molecule has 0 spiro atoms. The second-order valence-corrected chi connectivity index (χ2v) is 36.3. The molecule has 2 aliphatic carbocycles. The number of allylic oxidation sites excluding steroid dienone is 2. The summed E-state index contributed by atoms with van der Waals surface area (Å²) in [5.41, 5.74) is 8.54. The van der Waals surface area contributed by atoms with Crippen LogP contribution < -0.4 is 0 Å². The van der Waals surface area contributed by atoms with E-state index in [-0.39, 0.29) is 19.5 Å². The number of aryl methyl sites for hydroxylation is 2. The molecule has 0 N–H and O–H groups in total. The summed E-state index contributed by atoms with van der Waals surface area (Å²) in [5.74, 6) is 0. The van der Waals surface area contributed by atoms with E-state index in [2.05, 4.69) is 76.2 Å². The van der Waals surface area contributed by atoms with E-state index in [1.807, 2.05) is 0 Å². The van der Waals surface area contributed by atoms with Crippen LogP contribution in [0, 0.1) is 13.8 Å². The molecule has 5 rings (SSSR count). The fraction of sp³-hybridized carbons (Fsp3) is 0.467. The molecule has 1 fully saturated rings. The van der Waals surface area contributed by atoms with Gasteiger partial charge in [-0.2, -0.15) is 0 Å². The molecular formula is C30H38Cl2HfP2. The predicted molar refractivity (Wildman–Crippen MR) is 159 cm³/mol. The molecule has 0 nitrogen and oxygen atoms in total. The van der Waals surface area contributed by atoms with Gasteiger partial charge in [0.2, 0.25) is 0 Å². The summed E-state index contributed by atoms with van der Waals surface area (Å²) < 4.78 is 0.577. The monoisotopic (exact) mass is 710 g/mol. The first-order chi connectivity index (χ1) is 16.9. The van der Waals surface area contributed by atoms with Gasteiger partial charge < -0.3 is 0 Å². The van der Waals surface area contributed by atoms with Crippen molar-refractivity contribution >= 4 is 45.1 Å². The van der Waals surface area contributed by atoms with E-state index < -0.39 is 17.6 Å². The summed E-state index contributed by atoms with van der Waals surface area (Å²) in [7, 11) is 15.8. The predicted octanol–water partition coefficient (Wildman–Crippen LogP) is 10.8. The SMILES string of the molecule is CCCP(CCC)C1=Cc2c(C)ccc(C)c2[CH]1[Hf]([Cl])([Cl])[CH]1C(P2CCCC2)=Cc2ccccc21. The first-order valence-corrected chi connectivity index (χ1v) is 29.9. The molecule has 0 bridgehead atoms. The van der Waals surface area contributed by atoms with Crippen LogP contribution in [0.5, 0.6) is 0 Å². The van der Waals surface area contributed by atoms with Crippen molar-refractivity contribution in [3.05, 3.63) is 80.4 Å². The summed E-state index contributed by atoms with van der Waals surface area (Å²) in [6, 6.07) is 13.6. The van der Waals surface area contributed by atoms with Gasteiger partial charge in [0.1, 0.15) is 0 Å². The van der Waals surface area contributed by atoms with Crippen LogP contribution in [0.15, 0.2) is 47.0 Å². The third-order valence-electron chi connectivity index (χ3n) is 8.10. The minimum atomic E-state index is -4.05. The Bertz CT molecular complexity index is 1160. The zero-order valence-corrected chi connectivity index (χ0v) is 28.5. The van der Waals surface area contributed by atoms with Gasteiger partial charge in [-0.3, -0.25) is 0 Å². The van der Waals surface area contributed by atoms with Crippen LogP contribution >= 0.6 is 33.0 Å². The van der Waals surface area contributed by atoms with Crippen molar-refractivity contribution in [1.29, 1.82) is 0 Å². The summed E-state index contributed by atoms with van der Waals surface area (Å²) in [4.78, 5) is 0. The van der Waals surface area contributed by atoms with E-state index >= 15 is 0 Å². The van der Waals surface area contributed by atoms with E-state index in [0.29, 0.717) is 3.67 Å². The number of halogens is 2. The topological polar surface area (TPSA) is 0 Å². The van der Waals surface area contributed by atoms with Gasteiger partial charge in [-0.05, 0) is 0 Å². The van der Waals surface area contributed by atoms with Crippen molar-refractivity contribution in [1.82, 2.24) is 0 Å². The summed E-state index contributed by atoms with van der Waals surface area (Å²) in [6.45, 7) is 9.25. The number of benzene rings is 2. The third kappa shape index (κ3) is 4.89. The summed E-state index contributed by atoms with van der Waals surface area (Å²) >= 11 is -4.05. The first kappa shape index (κ1) is 26.8. The van der Waals surface area contributed by atoms with Crippen LogP contribution in [0.2, 0.25) is 0 Å². The van der Waals surface area contributed by atoms with Gasteiger partial charge in [0, 0.05) is 0 Å². The molecule has 1 heterocycles. The molecule has 0 amide bonds. The fourth-order valence-corrected chi connectivity index (χ4v) is 39.1. The van der Waals surface area contributed by atoms with Crippen molar-refractivity contribution in [3.8, 4) is 0 Å². The molecule has 0 saturated carbocycles. The summed E-state index contributed by atoms with van der Waals surface area (Å²) in [5, 5.41) is 3.30. The molecule has 0 aromatic heterocycles. The Hall–Kier alpha value is 0.230. The van der Waals surface area contributed by atoms with Crippen LogP contribution in [-0.4, -0.2) is 24.6 Å². The van der Waals surface area contributed by atoms with Crippen molar-refractivity contribution in [2.75, 3.05) is 24.6 Å². The number of hydrogen-bond acceptors (Lipinski definition) is 0. The molecule has 0 radical (unpaired) electrons. The maximum absolute atomic E-state index is 8.07. The quantitative estimate of drug-likeness (QED) is 0.189. The number of rotatable bonds is 8. The van der Waals surface area contributed by atoms with Gasteiger partial charge in [0.05, 0.1) is 0 Å². The van der Waals surface area contributed by atoms with Crippen LogP contribution in [0.25, 0.3) is 12.2 Å². The van der Waals surface area contributed by atoms with Gasteiger partial charge in [-0.15, -0.1) is 0 Å². The van der Waals surface area contributed by atoms with Crippen molar-refractivity contribution < 1.29 is 17.6 Å². The molecule has 186 valence electrons. The first-order valence-electron chi connectivity index (χ1n) is 13.4. The van der Waals surface area contributed by atoms with Crippen LogP contribution in [-0.2, 0) is 17.6 Å². The average Bonchev–Trinajstić information content (AvgIpc) is 3.58. The van der Waals surface area contributed by atoms with Gasteiger partial charge in [0.15, 0.2) is 0 Å². The Balaban J connectivity index is 1.67. The van der Waals surface area contributed by atoms with Gasteiger partial charge >= 0.3 is 229 Å². The molecule has 1 saturated heterocycles. The third-order valence-corrected chi connectivity index (χ3v) is 32.8. The van der Waals surface area contributed by atoms with E-state index in [1.54, 1.807) is 10.6 Å². The molecule has 5 heteroatoms. The van der Waals surface area contributed by atoms with E-state index in [0.717, 1.165) is 0 Å². The Morgan fingerprint density at radius 2 is 1.54 bits per heavy atom. The van der Waals surface area contributed by atoms with Crippen molar-refractivity contribution in [2.45, 2.75) is 60.7 Å². The molecule has 2 aromatic rings. The number of hydrogen-bond donors (Lipinski definition) is 0. The van der Waals surface area contributed by atoms with Gasteiger partial charge in [-0.25, -0.2) is 0 Å². The zero-order valence-electron chi connectivity index (χ0n) is 21.6. The van der Waals surface area contributed by atoms with Gasteiger partial charge in [0.25, 0.3) is 0 Å². The maximum atomic E-state index is 8.07. The van der Waals surface area contributed by atoms with Crippen LogP contribution in [0.1, 0.15) is 80.3 Å². The van der Waals surface area contributed by atoms with E-state index in [9.17, 15) is 0 Å². The van der Waals surface area contributed by atoms with Crippen LogP contribution in [0.4, 0.5) is 0 Å². The Kier molecular flexibility index (Phi) is 8.54. The van der Waals surface area contributed by atoms with Gasteiger partial charge in [-0.1, -0.05) is 0 Å². The molecule has 2 aromatic carbocycles. The fourth-order valence-electron chi connectivity index (χ4n) is 6.51. The van der Waals surface area contributed by atoms with E-state index in [1.165, 1.54) is 83.7 Å². The molecule has 35 heavy (non-hydrogen) atoms. The number of fused-ring (bicyclic) bond motifs is 2. The molecule has 2 unspecified atom stereocenters. The standard InChI is InChI=1S/C17H24P.C13H14P.2ClH.Hf/c1-5-9-18(10-6-2)15-11-16-13(3)7-8-14(4)17(16)12-15;1-2-6-12-10-13(9-11(12)5-1)14-7-3-4-8-14;;;/h7-8,11-12H,5-6,9-10H2,1-4H3;1-2,5-6,9-10H,3-4,7-8H2;2*1H;/q;;;;+2/p-2. The average molecular weight is 710 g/mol. The van der Waals surface area contributed by atoms with Crippen molar-refractivity contribution in [3.63, 3.8) is 0 Å². The molecule has 2 atom stereocenters. The minimum absolute atomic E-state index is 0.101. The Morgan fingerprint density at radius 3 is 2.23 bits per heavy atom. The zero-order chi connectivity index (χ0) is 24.7. The van der Waals surface area contributed by atoms with Crippen molar-refractivity contribution in [2.24, 2.45) is 0 Å². The Labute approximate surface area is 226 Å². The molecular weight excluding hydrogens is 672 g/mol. The normalized spacial score (nSPS) is 21.9. The molecule has 3 aliphatic rings. The van der Waals surface area contributed by atoms with Crippen LogP contribution in [0.3, 0.4) is 0 Å². The second-order valence-electron chi connectivity index (χ2n) is 10.5. The second kappa shape index (κ2) is 11.1. The molecule has 1 aliphatic heterocycles.